The Balaban J connectivity index is 1.59. The molecule has 2 heterocycles. The average Bonchev–Trinajstić information content (AvgIpc) is 2.62. The highest BCUT2D eigenvalue weighted by atomic mass is 32.2. The van der Waals surface area contributed by atoms with E-state index in [1.54, 1.807) is 18.3 Å². The highest BCUT2D eigenvalue weighted by molar-refractivity contribution is 7.98. The summed E-state index contributed by atoms with van der Waals surface area (Å²) in [6, 6.07) is 14.6. The second-order valence-electron chi connectivity index (χ2n) is 4.83. The molecule has 0 bridgehead atoms. The van der Waals surface area contributed by atoms with E-state index in [9.17, 15) is 9.18 Å². The van der Waals surface area contributed by atoms with Crippen molar-refractivity contribution in [2.24, 2.45) is 0 Å². The van der Waals surface area contributed by atoms with Crippen molar-refractivity contribution in [3.05, 3.63) is 77.9 Å². The van der Waals surface area contributed by atoms with Gasteiger partial charge in [-0.25, -0.2) is 4.39 Å². The number of hydrogen-bond donors (Lipinski definition) is 1. The minimum atomic E-state index is -0.463. The van der Waals surface area contributed by atoms with Crippen LogP contribution < -0.4 is 5.32 Å². The number of nitrogens with zero attached hydrogens (tertiary/aromatic N) is 3. The molecule has 0 atom stereocenters. The van der Waals surface area contributed by atoms with E-state index >= 15 is 0 Å². The number of halogens is 1. The molecule has 2 aromatic heterocycles. The van der Waals surface area contributed by atoms with Crippen LogP contribution in [0.2, 0.25) is 0 Å². The van der Waals surface area contributed by atoms with Crippen molar-refractivity contribution in [2.75, 3.05) is 5.32 Å². The van der Waals surface area contributed by atoms with Gasteiger partial charge in [-0.3, -0.25) is 9.78 Å². The lowest BCUT2D eigenvalue weighted by Crippen LogP contribution is -2.13. The lowest BCUT2D eigenvalue weighted by Gasteiger charge is -2.05. The van der Waals surface area contributed by atoms with Crippen molar-refractivity contribution in [3.8, 4) is 0 Å². The molecule has 7 heteroatoms. The van der Waals surface area contributed by atoms with Crippen LogP contribution in [0.1, 0.15) is 16.1 Å². The van der Waals surface area contributed by atoms with Crippen molar-refractivity contribution < 1.29 is 9.18 Å². The summed E-state index contributed by atoms with van der Waals surface area (Å²) in [6.45, 7) is 0. The largest absolute Gasteiger partial charge is 0.305 e. The van der Waals surface area contributed by atoms with Gasteiger partial charge in [-0.15, -0.1) is 10.2 Å². The van der Waals surface area contributed by atoms with Gasteiger partial charge in [0, 0.05) is 17.5 Å². The molecular weight excluding hydrogens is 327 g/mol. The smallest absolute Gasteiger partial charge is 0.256 e. The maximum atomic E-state index is 13.1. The maximum Gasteiger partial charge on any atom is 0.256 e. The summed E-state index contributed by atoms with van der Waals surface area (Å²) < 4.78 is 13.1. The van der Waals surface area contributed by atoms with Gasteiger partial charge in [-0.05, 0) is 42.5 Å². The Morgan fingerprint density at radius 1 is 1.08 bits per heavy atom. The van der Waals surface area contributed by atoms with Crippen LogP contribution in [0.15, 0.2) is 65.8 Å². The first-order valence-corrected chi connectivity index (χ1v) is 8.12. The molecule has 120 valence electrons. The first kappa shape index (κ1) is 16.1. The SMILES string of the molecule is O=C(Nc1ccc(SCc2ccccn2)nn1)c1cccc(F)c1. The first-order valence-electron chi connectivity index (χ1n) is 7.14. The zero-order chi connectivity index (χ0) is 16.8. The van der Waals surface area contributed by atoms with Crippen LogP contribution in [0.3, 0.4) is 0 Å². The van der Waals surface area contributed by atoms with Gasteiger partial charge in [-0.2, -0.15) is 0 Å². The van der Waals surface area contributed by atoms with Gasteiger partial charge in [-0.1, -0.05) is 23.9 Å². The van der Waals surface area contributed by atoms with Gasteiger partial charge in [0.05, 0.1) is 5.69 Å². The lowest BCUT2D eigenvalue weighted by molar-refractivity contribution is 0.102. The number of nitrogens with one attached hydrogen (secondary N) is 1. The molecular formula is C17H13FN4OS. The molecule has 0 saturated heterocycles. The Hall–Kier alpha value is -2.80. The number of thioether (sulfide) groups is 1. The van der Waals surface area contributed by atoms with E-state index in [4.69, 9.17) is 0 Å². The third kappa shape index (κ3) is 4.36. The number of benzene rings is 1. The fourth-order valence-electron chi connectivity index (χ4n) is 1.91. The van der Waals surface area contributed by atoms with E-state index in [-0.39, 0.29) is 5.56 Å². The van der Waals surface area contributed by atoms with Gasteiger partial charge in [0.1, 0.15) is 10.8 Å². The molecule has 0 radical (unpaired) electrons. The Morgan fingerprint density at radius 3 is 2.71 bits per heavy atom. The number of anilines is 1. The van der Waals surface area contributed by atoms with E-state index in [0.29, 0.717) is 11.6 Å². The first-order chi connectivity index (χ1) is 11.7. The maximum absolute atomic E-state index is 13.1. The molecule has 0 aliphatic carbocycles. The molecule has 1 amide bonds. The van der Waals surface area contributed by atoms with Crippen LogP contribution in [0.4, 0.5) is 10.2 Å². The van der Waals surface area contributed by atoms with Crippen molar-refractivity contribution >= 4 is 23.5 Å². The van der Waals surface area contributed by atoms with Crippen LogP contribution >= 0.6 is 11.8 Å². The third-order valence-corrected chi connectivity index (χ3v) is 4.02. The molecule has 0 unspecified atom stereocenters. The molecule has 0 saturated carbocycles. The summed E-state index contributed by atoms with van der Waals surface area (Å²) in [7, 11) is 0. The van der Waals surface area contributed by atoms with Crippen molar-refractivity contribution in [3.63, 3.8) is 0 Å². The van der Waals surface area contributed by atoms with E-state index < -0.39 is 11.7 Å². The highest BCUT2D eigenvalue weighted by Crippen LogP contribution is 2.19. The fraction of sp³-hybridized carbons (Fsp3) is 0.0588. The molecule has 24 heavy (non-hydrogen) atoms. The van der Waals surface area contributed by atoms with E-state index in [2.05, 4.69) is 20.5 Å². The summed E-state index contributed by atoms with van der Waals surface area (Å²) >= 11 is 1.50. The van der Waals surface area contributed by atoms with Gasteiger partial charge < -0.3 is 5.32 Å². The number of amides is 1. The van der Waals surface area contributed by atoms with Crippen LogP contribution in [0.5, 0.6) is 0 Å². The molecule has 3 aromatic rings. The zero-order valence-electron chi connectivity index (χ0n) is 12.5. The Kier molecular flexibility index (Phi) is 5.12. The third-order valence-electron chi connectivity index (χ3n) is 3.06. The van der Waals surface area contributed by atoms with Crippen LogP contribution in [0, 0.1) is 5.82 Å². The molecule has 1 aromatic carbocycles. The van der Waals surface area contributed by atoms with Crippen molar-refractivity contribution in [1.29, 1.82) is 0 Å². The monoisotopic (exact) mass is 340 g/mol. The van der Waals surface area contributed by atoms with Crippen LogP contribution in [-0.4, -0.2) is 21.1 Å². The zero-order valence-corrected chi connectivity index (χ0v) is 13.3. The molecule has 1 N–H and O–H groups in total. The minimum Gasteiger partial charge on any atom is -0.305 e. The summed E-state index contributed by atoms with van der Waals surface area (Å²) in [5.41, 5.74) is 1.18. The summed E-state index contributed by atoms with van der Waals surface area (Å²) in [5.74, 6) is 0.101. The number of hydrogen-bond acceptors (Lipinski definition) is 5. The molecule has 5 nitrogen and oxygen atoms in total. The summed E-state index contributed by atoms with van der Waals surface area (Å²) in [6.07, 6.45) is 1.74. The van der Waals surface area contributed by atoms with Gasteiger partial charge in [0.25, 0.3) is 5.91 Å². The van der Waals surface area contributed by atoms with E-state index in [1.807, 2.05) is 18.2 Å². The standard InChI is InChI=1S/C17H13FN4OS/c18-13-5-3-4-12(10-13)17(23)20-15-7-8-16(22-21-15)24-11-14-6-1-2-9-19-14/h1-10H,11H2,(H,20,21,23). The quantitative estimate of drug-likeness (QED) is 0.719. The van der Waals surface area contributed by atoms with Gasteiger partial charge in [0.15, 0.2) is 5.82 Å². The number of aromatic nitrogens is 3. The van der Waals surface area contributed by atoms with Crippen LogP contribution in [-0.2, 0) is 5.75 Å². The lowest BCUT2D eigenvalue weighted by atomic mass is 10.2. The number of pyridine rings is 1. The number of carbonyl (C=O) groups excluding carboxylic acids is 1. The molecule has 3 rings (SSSR count). The highest BCUT2D eigenvalue weighted by Gasteiger charge is 2.08. The second kappa shape index (κ2) is 7.65. The fourth-order valence-corrected chi connectivity index (χ4v) is 2.64. The average molecular weight is 340 g/mol. The predicted molar refractivity (Wildman–Crippen MR) is 90.2 cm³/mol. The number of rotatable bonds is 5. The topological polar surface area (TPSA) is 67.8 Å². The predicted octanol–water partition coefficient (Wildman–Crippen LogP) is 3.56. The minimum absolute atomic E-state index is 0.227. The van der Waals surface area contributed by atoms with Gasteiger partial charge >= 0.3 is 0 Å². The van der Waals surface area contributed by atoms with Crippen molar-refractivity contribution in [1.82, 2.24) is 15.2 Å². The normalized spacial score (nSPS) is 10.4. The summed E-state index contributed by atoms with van der Waals surface area (Å²) in [4.78, 5) is 16.2. The molecule has 0 aliphatic heterocycles. The Labute approximate surface area is 142 Å². The molecule has 0 spiro atoms. The molecule has 0 aliphatic rings. The van der Waals surface area contributed by atoms with E-state index in [0.717, 1.165) is 10.7 Å². The van der Waals surface area contributed by atoms with Gasteiger partial charge in [0.2, 0.25) is 0 Å². The van der Waals surface area contributed by atoms with Crippen LogP contribution in [0.25, 0.3) is 0 Å². The van der Waals surface area contributed by atoms with E-state index in [1.165, 1.54) is 36.0 Å². The number of carbonyl (C=O) groups is 1. The second-order valence-corrected chi connectivity index (χ2v) is 5.83. The molecule has 0 fully saturated rings. The van der Waals surface area contributed by atoms with Crippen molar-refractivity contribution in [2.45, 2.75) is 10.8 Å². The Morgan fingerprint density at radius 2 is 2.00 bits per heavy atom. The Bertz CT molecular complexity index is 828. The summed E-state index contributed by atoms with van der Waals surface area (Å²) in [5, 5.41) is 11.3.